The van der Waals surface area contributed by atoms with Gasteiger partial charge in [-0.25, -0.2) is 4.79 Å². The van der Waals surface area contributed by atoms with E-state index < -0.39 is 11.9 Å². The molecule has 0 aliphatic rings. The Bertz CT molecular complexity index is 841. The van der Waals surface area contributed by atoms with Crippen LogP contribution in [0.4, 0.5) is 0 Å². The second-order valence-electron chi connectivity index (χ2n) is 4.77. The molecule has 3 rings (SSSR count). The molecule has 0 aliphatic heterocycles. The lowest BCUT2D eigenvalue weighted by molar-refractivity contribution is 0.0600. The number of hydrogen-bond acceptors (Lipinski definition) is 7. The van der Waals surface area contributed by atoms with E-state index in [0.29, 0.717) is 11.4 Å². The molecule has 0 saturated carbocycles. The van der Waals surface area contributed by atoms with Gasteiger partial charge in [-0.15, -0.1) is 11.3 Å². The number of methoxy groups -OCH3 is 1. The van der Waals surface area contributed by atoms with E-state index in [4.69, 9.17) is 4.52 Å². The molecule has 2 aromatic heterocycles. The van der Waals surface area contributed by atoms with Crippen molar-refractivity contribution in [1.82, 2.24) is 15.5 Å². The van der Waals surface area contributed by atoms with Crippen LogP contribution in [0.2, 0.25) is 0 Å². The zero-order chi connectivity index (χ0) is 16.9. The molecule has 2 heterocycles. The second kappa shape index (κ2) is 7.05. The highest BCUT2D eigenvalue weighted by Gasteiger charge is 2.16. The van der Waals surface area contributed by atoms with Crippen molar-refractivity contribution in [2.24, 2.45) is 0 Å². The molecule has 122 valence electrons. The number of nitrogens with zero attached hydrogens (tertiary/aromatic N) is 2. The topological polar surface area (TPSA) is 94.3 Å². The molecule has 1 aromatic carbocycles. The first-order valence-corrected chi connectivity index (χ1v) is 7.88. The fourth-order valence-corrected chi connectivity index (χ4v) is 2.61. The number of benzene rings is 1. The summed E-state index contributed by atoms with van der Waals surface area (Å²) in [5, 5.41) is 8.37. The highest BCUT2D eigenvalue weighted by atomic mass is 32.1. The smallest absolute Gasteiger partial charge is 0.337 e. The normalized spacial score (nSPS) is 10.4. The molecule has 0 bridgehead atoms. The number of ether oxygens (including phenoxy) is 1. The molecular formula is C16H13N3O4S. The van der Waals surface area contributed by atoms with Crippen LogP contribution in [0.5, 0.6) is 0 Å². The van der Waals surface area contributed by atoms with E-state index >= 15 is 0 Å². The van der Waals surface area contributed by atoms with Crippen molar-refractivity contribution in [2.45, 2.75) is 6.54 Å². The zero-order valence-corrected chi connectivity index (χ0v) is 13.5. The van der Waals surface area contributed by atoms with Gasteiger partial charge in [-0.05, 0) is 29.1 Å². The molecule has 3 aromatic rings. The maximum atomic E-state index is 12.0. The number of carbonyl (C=O) groups is 2. The molecule has 1 N–H and O–H groups in total. The first-order valence-electron chi connectivity index (χ1n) is 7.00. The van der Waals surface area contributed by atoms with Gasteiger partial charge in [-0.2, -0.15) is 4.98 Å². The van der Waals surface area contributed by atoms with Gasteiger partial charge >= 0.3 is 17.8 Å². The van der Waals surface area contributed by atoms with E-state index in [9.17, 15) is 9.59 Å². The van der Waals surface area contributed by atoms with Gasteiger partial charge in [0.1, 0.15) is 0 Å². The van der Waals surface area contributed by atoms with E-state index in [1.54, 1.807) is 24.3 Å². The summed E-state index contributed by atoms with van der Waals surface area (Å²) in [7, 11) is 1.32. The summed E-state index contributed by atoms with van der Waals surface area (Å²) < 4.78 is 9.61. The Hall–Kier alpha value is -3.00. The lowest BCUT2D eigenvalue weighted by Crippen LogP contribution is -2.23. The number of nitrogens with one attached hydrogen (secondary N) is 1. The Kier molecular flexibility index (Phi) is 4.66. The standard InChI is InChI=1S/C16H13N3O4S/c1-22-16(21)11-6-4-10(5-7-11)9-17-14(20)15-18-13(19-23-15)12-3-2-8-24-12/h2-8H,9H2,1H3,(H,17,20). The van der Waals surface area contributed by atoms with Crippen molar-refractivity contribution in [3.8, 4) is 10.7 Å². The third-order valence-electron chi connectivity index (χ3n) is 3.19. The van der Waals surface area contributed by atoms with Gasteiger partial charge in [-0.1, -0.05) is 23.4 Å². The molecule has 0 spiro atoms. The molecule has 24 heavy (non-hydrogen) atoms. The summed E-state index contributed by atoms with van der Waals surface area (Å²) in [6.07, 6.45) is 0. The second-order valence-corrected chi connectivity index (χ2v) is 5.72. The maximum absolute atomic E-state index is 12.0. The number of esters is 1. The number of aromatic nitrogens is 2. The van der Waals surface area contributed by atoms with Crippen LogP contribution < -0.4 is 5.32 Å². The van der Waals surface area contributed by atoms with Crippen molar-refractivity contribution in [2.75, 3.05) is 7.11 Å². The molecule has 0 saturated heterocycles. The number of thiophene rings is 1. The highest BCUT2D eigenvalue weighted by Crippen LogP contribution is 2.21. The molecule has 7 nitrogen and oxygen atoms in total. The molecule has 0 atom stereocenters. The molecule has 0 aliphatic carbocycles. The van der Waals surface area contributed by atoms with Crippen LogP contribution in [0.3, 0.4) is 0 Å². The minimum atomic E-state index is -0.456. The summed E-state index contributed by atoms with van der Waals surface area (Å²) in [6, 6.07) is 10.5. The first-order chi connectivity index (χ1) is 11.7. The lowest BCUT2D eigenvalue weighted by atomic mass is 10.1. The van der Waals surface area contributed by atoms with Gasteiger partial charge < -0.3 is 14.6 Å². The predicted octanol–water partition coefficient (Wildman–Crippen LogP) is 2.51. The summed E-state index contributed by atoms with van der Waals surface area (Å²) in [5.41, 5.74) is 1.28. The van der Waals surface area contributed by atoms with E-state index in [1.165, 1.54) is 18.4 Å². The molecule has 0 fully saturated rings. The Morgan fingerprint density at radius 3 is 2.71 bits per heavy atom. The summed E-state index contributed by atoms with van der Waals surface area (Å²) in [4.78, 5) is 28.3. The molecular weight excluding hydrogens is 330 g/mol. The van der Waals surface area contributed by atoms with Crippen molar-refractivity contribution in [1.29, 1.82) is 0 Å². The Balaban J connectivity index is 1.60. The van der Waals surface area contributed by atoms with Crippen LogP contribution in [0.1, 0.15) is 26.6 Å². The van der Waals surface area contributed by atoms with Gasteiger partial charge in [0.05, 0.1) is 17.6 Å². The van der Waals surface area contributed by atoms with Gasteiger partial charge in [0.25, 0.3) is 0 Å². The van der Waals surface area contributed by atoms with Gasteiger partial charge in [0.2, 0.25) is 5.82 Å². The Labute approximate surface area is 141 Å². The van der Waals surface area contributed by atoms with Gasteiger partial charge in [0.15, 0.2) is 0 Å². The largest absolute Gasteiger partial charge is 0.465 e. The quantitative estimate of drug-likeness (QED) is 0.715. The fourth-order valence-electron chi connectivity index (χ4n) is 1.96. The van der Waals surface area contributed by atoms with Crippen molar-refractivity contribution >= 4 is 23.2 Å². The first kappa shape index (κ1) is 15.9. The number of hydrogen-bond donors (Lipinski definition) is 1. The number of rotatable bonds is 5. The zero-order valence-electron chi connectivity index (χ0n) is 12.7. The van der Waals surface area contributed by atoms with Crippen molar-refractivity contribution in [3.05, 3.63) is 58.8 Å². The summed E-state index contributed by atoms with van der Waals surface area (Å²) >= 11 is 1.46. The maximum Gasteiger partial charge on any atom is 0.337 e. The number of carbonyl (C=O) groups excluding carboxylic acids is 2. The Morgan fingerprint density at radius 2 is 2.04 bits per heavy atom. The summed E-state index contributed by atoms with van der Waals surface area (Å²) in [6.45, 7) is 0.275. The van der Waals surface area contributed by atoms with Crippen LogP contribution in [0.25, 0.3) is 10.7 Å². The number of amides is 1. The minimum Gasteiger partial charge on any atom is -0.465 e. The monoisotopic (exact) mass is 343 g/mol. The summed E-state index contributed by atoms with van der Waals surface area (Å²) in [5.74, 6) is -0.568. The lowest BCUT2D eigenvalue weighted by Gasteiger charge is -2.04. The van der Waals surface area contributed by atoms with Gasteiger partial charge in [-0.3, -0.25) is 4.79 Å². The molecule has 1 amide bonds. The van der Waals surface area contributed by atoms with Crippen LogP contribution >= 0.6 is 11.3 Å². The van der Waals surface area contributed by atoms with Crippen LogP contribution in [-0.4, -0.2) is 29.1 Å². The van der Waals surface area contributed by atoms with Crippen LogP contribution in [0.15, 0.2) is 46.3 Å². The molecule has 0 radical (unpaired) electrons. The average Bonchev–Trinajstić information content (AvgIpc) is 3.30. The van der Waals surface area contributed by atoms with E-state index in [-0.39, 0.29) is 12.4 Å². The van der Waals surface area contributed by atoms with E-state index in [1.807, 2.05) is 17.5 Å². The highest BCUT2D eigenvalue weighted by molar-refractivity contribution is 7.13. The van der Waals surface area contributed by atoms with Crippen molar-refractivity contribution < 1.29 is 18.8 Å². The average molecular weight is 343 g/mol. The fraction of sp³-hybridized carbons (Fsp3) is 0.125. The molecule has 0 unspecified atom stereocenters. The van der Waals surface area contributed by atoms with Crippen LogP contribution in [-0.2, 0) is 11.3 Å². The SMILES string of the molecule is COC(=O)c1ccc(CNC(=O)c2nc(-c3cccs3)no2)cc1. The van der Waals surface area contributed by atoms with Gasteiger partial charge in [0, 0.05) is 6.54 Å². The van der Waals surface area contributed by atoms with Crippen molar-refractivity contribution in [3.63, 3.8) is 0 Å². The predicted molar refractivity (Wildman–Crippen MR) is 86.6 cm³/mol. The molecule has 8 heteroatoms. The third kappa shape index (κ3) is 3.49. The third-order valence-corrected chi connectivity index (χ3v) is 4.06. The minimum absolute atomic E-state index is 0.0930. The van der Waals surface area contributed by atoms with Crippen LogP contribution in [0, 0.1) is 0 Å². The van der Waals surface area contributed by atoms with E-state index in [2.05, 4.69) is 20.2 Å². The van der Waals surface area contributed by atoms with E-state index in [0.717, 1.165) is 10.4 Å². The Morgan fingerprint density at radius 1 is 1.25 bits per heavy atom.